The highest BCUT2D eigenvalue weighted by Crippen LogP contribution is 2.18. The standard InChI is InChI=1S/C18H13N5O3/c24-18(15-9-14(21-22-15)12-5-2-1-3-6-12)25-11-16-20-17(23-26-16)13-7-4-8-19-10-13/h1-10H,11H2,(H,21,22). The van der Waals surface area contributed by atoms with Crippen molar-refractivity contribution in [2.75, 3.05) is 0 Å². The van der Waals surface area contributed by atoms with Crippen LogP contribution in [0.1, 0.15) is 16.4 Å². The topological polar surface area (TPSA) is 107 Å². The minimum Gasteiger partial charge on any atom is -0.451 e. The smallest absolute Gasteiger partial charge is 0.356 e. The quantitative estimate of drug-likeness (QED) is 0.553. The molecule has 1 aromatic carbocycles. The number of esters is 1. The average molecular weight is 347 g/mol. The lowest BCUT2D eigenvalue weighted by Crippen LogP contribution is -2.05. The number of ether oxygens (including phenoxy) is 1. The Morgan fingerprint density at radius 3 is 2.77 bits per heavy atom. The highest BCUT2D eigenvalue weighted by molar-refractivity contribution is 5.88. The predicted octanol–water partition coefficient (Wildman–Crippen LogP) is 2.88. The van der Waals surface area contributed by atoms with Crippen LogP contribution in [0.3, 0.4) is 0 Å². The molecule has 0 aliphatic carbocycles. The number of aromatic nitrogens is 5. The van der Waals surface area contributed by atoms with E-state index in [-0.39, 0.29) is 18.2 Å². The van der Waals surface area contributed by atoms with Gasteiger partial charge in [-0.15, -0.1) is 0 Å². The first kappa shape index (κ1) is 15.7. The molecule has 0 spiro atoms. The third-order valence-electron chi connectivity index (χ3n) is 3.58. The highest BCUT2D eigenvalue weighted by Gasteiger charge is 2.15. The number of carbonyl (C=O) groups is 1. The molecule has 0 saturated heterocycles. The Morgan fingerprint density at radius 1 is 1.12 bits per heavy atom. The fraction of sp³-hybridized carbons (Fsp3) is 0.0556. The van der Waals surface area contributed by atoms with Crippen molar-refractivity contribution in [2.24, 2.45) is 0 Å². The molecule has 128 valence electrons. The molecule has 0 aliphatic rings. The van der Waals surface area contributed by atoms with E-state index in [1.54, 1.807) is 24.5 Å². The first-order valence-corrected chi connectivity index (χ1v) is 7.80. The number of nitrogens with one attached hydrogen (secondary N) is 1. The summed E-state index contributed by atoms with van der Waals surface area (Å²) in [7, 11) is 0. The van der Waals surface area contributed by atoms with Crippen molar-refractivity contribution in [3.8, 4) is 22.6 Å². The van der Waals surface area contributed by atoms with E-state index in [2.05, 4.69) is 25.3 Å². The third kappa shape index (κ3) is 3.34. The SMILES string of the molecule is O=C(OCc1nc(-c2cccnc2)no1)c1cc(-c2ccccc2)n[nH]1. The maximum Gasteiger partial charge on any atom is 0.356 e. The molecule has 0 bridgehead atoms. The van der Waals surface area contributed by atoms with Gasteiger partial charge in [-0.1, -0.05) is 35.5 Å². The number of aromatic amines is 1. The normalized spacial score (nSPS) is 10.6. The van der Waals surface area contributed by atoms with Crippen molar-refractivity contribution in [3.05, 3.63) is 72.5 Å². The number of nitrogens with zero attached hydrogens (tertiary/aromatic N) is 4. The van der Waals surface area contributed by atoms with Crippen LogP contribution in [0.25, 0.3) is 22.6 Å². The van der Waals surface area contributed by atoms with Crippen LogP contribution in [0.2, 0.25) is 0 Å². The molecular formula is C18H13N5O3. The summed E-state index contributed by atoms with van der Waals surface area (Å²) >= 11 is 0. The van der Waals surface area contributed by atoms with Crippen LogP contribution >= 0.6 is 0 Å². The average Bonchev–Trinajstić information content (AvgIpc) is 3.37. The van der Waals surface area contributed by atoms with Gasteiger partial charge in [-0.05, 0) is 18.2 Å². The van der Waals surface area contributed by atoms with Crippen LogP contribution in [0.5, 0.6) is 0 Å². The maximum atomic E-state index is 12.1. The second-order valence-corrected chi connectivity index (χ2v) is 5.36. The van der Waals surface area contributed by atoms with Gasteiger partial charge in [-0.2, -0.15) is 10.1 Å². The number of hydrogen-bond acceptors (Lipinski definition) is 7. The van der Waals surface area contributed by atoms with Crippen LogP contribution in [0.15, 0.2) is 65.4 Å². The fourth-order valence-corrected chi connectivity index (χ4v) is 2.31. The van der Waals surface area contributed by atoms with E-state index >= 15 is 0 Å². The van der Waals surface area contributed by atoms with Crippen molar-refractivity contribution >= 4 is 5.97 Å². The van der Waals surface area contributed by atoms with E-state index in [1.165, 1.54) is 0 Å². The first-order valence-electron chi connectivity index (χ1n) is 7.80. The van der Waals surface area contributed by atoms with Gasteiger partial charge in [0.05, 0.1) is 5.69 Å². The summed E-state index contributed by atoms with van der Waals surface area (Å²) in [6.45, 7) is -0.133. The molecule has 0 unspecified atom stereocenters. The summed E-state index contributed by atoms with van der Waals surface area (Å²) in [6, 6.07) is 14.7. The molecule has 3 heterocycles. The van der Waals surface area contributed by atoms with Crippen molar-refractivity contribution in [1.82, 2.24) is 25.3 Å². The Labute approximate surface area is 147 Å². The van der Waals surface area contributed by atoms with Gasteiger partial charge in [-0.3, -0.25) is 10.1 Å². The predicted molar refractivity (Wildman–Crippen MR) is 90.7 cm³/mol. The molecule has 1 N–H and O–H groups in total. The minimum absolute atomic E-state index is 0.133. The lowest BCUT2D eigenvalue weighted by atomic mass is 10.1. The van der Waals surface area contributed by atoms with E-state index < -0.39 is 5.97 Å². The van der Waals surface area contributed by atoms with Crippen LogP contribution in [-0.4, -0.2) is 31.3 Å². The molecule has 26 heavy (non-hydrogen) atoms. The Bertz CT molecular complexity index is 1010. The van der Waals surface area contributed by atoms with Crippen molar-refractivity contribution in [1.29, 1.82) is 0 Å². The van der Waals surface area contributed by atoms with Crippen molar-refractivity contribution < 1.29 is 14.1 Å². The number of rotatable bonds is 5. The van der Waals surface area contributed by atoms with Gasteiger partial charge in [0, 0.05) is 23.5 Å². The summed E-state index contributed by atoms with van der Waals surface area (Å²) in [6.07, 6.45) is 3.27. The summed E-state index contributed by atoms with van der Waals surface area (Å²) in [5, 5.41) is 10.6. The van der Waals surface area contributed by atoms with Gasteiger partial charge in [0.1, 0.15) is 5.69 Å². The summed E-state index contributed by atoms with van der Waals surface area (Å²) < 4.78 is 10.3. The van der Waals surface area contributed by atoms with Gasteiger partial charge in [0.2, 0.25) is 5.82 Å². The number of H-pyrrole nitrogens is 1. The highest BCUT2D eigenvalue weighted by atomic mass is 16.6. The fourth-order valence-electron chi connectivity index (χ4n) is 2.31. The Balaban J connectivity index is 1.40. The van der Waals surface area contributed by atoms with E-state index in [9.17, 15) is 4.79 Å². The van der Waals surface area contributed by atoms with Crippen molar-refractivity contribution in [2.45, 2.75) is 6.61 Å². The Hall–Kier alpha value is -3.81. The summed E-state index contributed by atoms with van der Waals surface area (Å²) in [5.74, 6) is 0.0258. The molecule has 0 amide bonds. The number of benzene rings is 1. The zero-order valence-electron chi connectivity index (χ0n) is 13.5. The van der Waals surface area contributed by atoms with Crippen LogP contribution in [0.4, 0.5) is 0 Å². The van der Waals surface area contributed by atoms with E-state index in [1.807, 2.05) is 36.4 Å². The minimum atomic E-state index is -0.555. The number of hydrogen-bond donors (Lipinski definition) is 1. The van der Waals surface area contributed by atoms with Gasteiger partial charge >= 0.3 is 5.97 Å². The van der Waals surface area contributed by atoms with Crippen molar-refractivity contribution in [3.63, 3.8) is 0 Å². The van der Waals surface area contributed by atoms with Crippen LogP contribution in [-0.2, 0) is 11.3 Å². The Morgan fingerprint density at radius 2 is 1.96 bits per heavy atom. The van der Waals surface area contributed by atoms with E-state index in [0.717, 1.165) is 11.1 Å². The summed E-state index contributed by atoms with van der Waals surface area (Å²) in [4.78, 5) is 20.3. The van der Waals surface area contributed by atoms with Crippen LogP contribution in [0, 0.1) is 0 Å². The summed E-state index contributed by atoms with van der Waals surface area (Å²) in [5.41, 5.74) is 2.53. The van der Waals surface area contributed by atoms with E-state index in [0.29, 0.717) is 11.5 Å². The molecule has 8 heteroatoms. The van der Waals surface area contributed by atoms with E-state index in [4.69, 9.17) is 9.26 Å². The largest absolute Gasteiger partial charge is 0.451 e. The molecule has 0 atom stereocenters. The lowest BCUT2D eigenvalue weighted by molar-refractivity contribution is 0.0423. The first-order chi connectivity index (χ1) is 12.8. The van der Waals surface area contributed by atoms with Crippen LogP contribution < -0.4 is 0 Å². The van der Waals surface area contributed by atoms with Gasteiger partial charge in [-0.25, -0.2) is 4.79 Å². The molecular weight excluding hydrogens is 334 g/mol. The molecule has 0 aliphatic heterocycles. The number of carbonyl (C=O) groups excluding carboxylic acids is 1. The monoisotopic (exact) mass is 347 g/mol. The van der Waals surface area contributed by atoms with Gasteiger partial charge < -0.3 is 9.26 Å². The second kappa shape index (κ2) is 6.98. The molecule has 4 aromatic rings. The molecule has 8 nitrogen and oxygen atoms in total. The zero-order chi connectivity index (χ0) is 17.8. The van der Waals surface area contributed by atoms with Gasteiger partial charge in [0.15, 0.2) is 6.61 Å². The third-order valence-corrected chi connectivity index (χ3v) is 3.58. The second-order valence-electron chi connectivity index (χ2n) is 5.36. The maximum absolute atomic E-state index is 12.1. The number of pyridine rings is 1. The molecule has 0 saturated carbocycles. The molecule has 0 fully saturated rings. The Kier molecular flexibility index (Phi) is 4.21. The van der Waals surface area contributed by atoms with Gasteiger partial charge in [0.25, 0.3) is 5.89 Å². The molecule has 0 radical (unpaired) electrons. The molecule has 4 rings (SSSR count). The lowest BCUT2D eigenvalue weighted by Gasteiger charge is -1.98. The zero-order valence-corrected chi connectivity index (χ0v) is 13.5. The molecule has 3 aromatic heterocycles.